The topological polar surface area (TPSA) is 24.2 Å². The number of carbonyl (C=O) groups excluding carboxylic acids is 1. The minimum absolute atomic E-state index is 0.154. The monoisotopic (exact) mass is 281 g/mol. The highest BCUT2D eigenvalue weighted by atomic mass is 16.2. The summed E-state index contributed by atoms with van der Waals surface area (Å²) in [6, 6.07) is 12.3. The summed E-state index contributed by atoms with van der Waals surface area (Å²) in [6.45, 7) is 6.13. The van der Waals surface area contributed by atoms with Gasteiger partial charge in [-0.3, -0.25) is 4.79 Å². The molecule has 3 nitrogen and oxygen atoms in total. The summed E-state index contributed by atoms with van der Waals surface area (Å²) in [6.07, 6.45) is 4.89. The Labute approximate surface area is 125 Å². The van der Waals surface area contributed by atoms with Gasteiger partial charge in [-0.05, 0) is 37.5 Å². The lowest BCUT2D eigenvalue weighted by molar-refractivity contribution is -0.705. The normalized spacial score (nSPS) is 18.4. The molecule has 0 radical (unpaired) electrons. The number of hydrogen-bond donors (Lipinski definition) is 0. The summed E-state index contributed by atoms with van der Waals surface area (Å²) < 4.78 is 1.98. The molecule has 1 aliphatic rings. The second-order valence-electron chi connectivity index (χ2n) is 5.89. The zero-order valence-electron chi connectivity index (χ0n) is 12.8. The number of aryl methyl sites for hydroxylation is 1. The Kier molecular flexibility index (Phi) is 3.50. The van der Waals surface area contributed by atoms with Crippen molar-refractivity contribution in [1.29, 1.82) is 0 Å². The largest absolute Gasteiger partial charge is 0.303 e. The number of para-hydroxylation sites is 1. The van der Waals surface area contributed by atoms with Gasteiger partial charge in [0.1, 0.15) is 0 Å². The highest BCUT2D eigenvalue weighted by Crippen LogP contribution is 2.32. The van der Waals surface area contributed by atoms with Gasteiger partial charge >= 0.3 is 0 Å². The van der Waals surface area contributed by atoms with E-state index in [2.05, 4.69) is 19.9 Å². The molecule has 2 atom stereocenters. The lowest BCUT2D eigenvalue weighted by Crippen LogP contribution is -2.49. The number of fused-ring (bicyclic) bond motifs is 1. The van der Waals surface area contributed by atoms with Crippen molar-refractivity contribution in [2.75, 3.05) is 4.90 Å². The van der Waals surface area contributed by atoms with E-state index in [4.69, 9.17) is 0 Å². The number of amides is 1. The fraction of sp³-hybridized carbons (Fsp3) is 0.333. The van der Waals surface area contributed by atoms with Crippen LogP contribution in [0.3, 0.4) is 0 Å². The van der Waals surface area contributed by atoms with Crippen molar-refractivity contribution in [3.8, 4) is 0 Å². The molecule has 0 unspecified atom stereocenters. The molecule has 2 heterocycles. The van der Waals surface area contributed by atoms with E-state index in [0.29, 0.717) is 0 Å². The summed E-state index contributed by atoms with van der Waals surface area (Å²) in [5.74, 6) is 0.154. The first-order chi connectivity index (χ1) is 10.1. The number of hydrogen-bond acceptors (Lipinski definition) is 1. The summed E-state index contributed by atoms with van der Waals surface area (Å²) in [5, 5.41) is 0. The second-order valence-corrected chi connectivity index (χ2v) is 5.89. The SMILES string of the molecule is Cc1cc[n+]([C@@H](C)C(=O)N2c3ccccc3C[C@H]2C)cc1. The van der Waals surface area contributed by atoms with E-state index < -0.39 is 0 Å². The van der Waals surface area contributed by atoms with Crippen LogP contribution in [0.4, 0.5) is 5.69 Å². The summed E-state index contributed by atoms with van der Waals surface area (Å²) in [4.78, 5) is 14.9. The molecular weight excluding hydrogens is 260 g/mol. The molecule has 1 aromatic heterocycles. The molecule has 0 fully saturated rings. The molecule has 3 heteroatoms. The first kappa shape index (κ1) is 13.8. The summed E-state index contributed by atoms with van der Waals surface area (Å²) in [7, 11) is 0. The first-order valence-electron chi connectivity index (χ1n) is 7.46. The molecule has 1 amide bonds. The maximum atomic E-state index is 12.9. The third-order valence-corrected chi connectivity index (χ3v) is 4.27. The van der Waals surface area contributed by atoms with Crippen LogP contribution in [-0.4, -0.2) is 11.9 Å². The van der Waals surface area contributed by atoms with Crippen LogP contribution in [0.15, 0.2) is 48.8 Å². The molecule has 0 aliphatic carbocycles. The summed E-state index contributed by atoms with van der Waals surface area (Å²) >= 11 is 0. The van der Waals surface area contributed by atoms with Crippen LogP contribution in [0.25, 0.3) is 0 Å². The number of carbonyl (C=O) groups is 1. The fourth-order valence-electron chi connectivity index (χ4n) is 3.00. The zero-order valence-corrected chi connectivity index (χ0v) is 12.8. The smallest absolute Gasteiger partial charge is 0.296 e. The lowest BCUT2D eigenvalue weighted by Gasteiger charge is -2.23. The van der Waals surface area contributed by atoms with Gasteiger partial charge in [-0.15, -0.1) is 0 Å². The molecule has 2 aromatic rings. The molecule has 1 aromatic carbocycles. The molecule has 21 heavy (non-hydrogen) atoms. The van der Waals surface area contributed by atoms with Crippen molar-refractivity contribution < 1.29 is 9.36 Å². The number of rotatable bonds is 2. The van der Waals surface area contributed by atoms with Crippen LogP contribution >= 0.6 is 0 Å². The molecule has 0 spiro atoms. The number of pyridine rings is 1. The van der Waals surface area contributed by atoms with Gasteiger partial charge in [0.15, 0.2) is 12.4 Å². The highest BCUT2D eigenvalue weighted by molar-refractivity contribution is 5.97. The van der Waals surface area contributed by atoms with Crippen molar-refractivity contribution in [2.24, 2.45) is 0 Å². The summed E-state index contributed by atoms with van der Waals surface area (Å²) in [5.41, 5.74) is 3.53. The van der Waals surface area contributed by atoms with Gasteiger partial charge in [-0.1, -0.05) is 18.2 Å². The van der Waals surface area contributed by atoms with Gasteiger partial charge in [-0.2, -0.15) is 4.57 Å². The van der Waals surface area contributed by atoms with Gasteiger partial charge in [0.2, 0.25) is 6.04 Å². The first-order valence-corrected chi connectivity index (χ1v) is 7.46. The Morgan fingerprint density at radius 3 is 2.62 bits per heavy atom. The minimum Gasteiger partial charge on any atom is -0.303 e. The van der Waals surface area contributed by atoms with Crippen LogP contribution in [0.5, 0.6) is 0 Å². The number of benzene rings is 1. The standard InChI is InChI=1S/C18H21N2O/c1-13-8-10-19(11-9-13)15(3)18(21)20-14(2)12-16-6-4-5-7-17(16)20/h4-11,14-15H,12H2,1-3H3/q+1/t14-,15+/m1/s1. The van der Waals surface area contributed by atoms with Gasteiger partial charge < -0.3 is 4.90 Å². The number of nitrogens with zero attached hydrogens (tertiary/aromatic N) is 2. The van der Waals surface area contributed by atoms with Crippen LogP contribution in [-0.2, 0) is 11.2 Å². The van der Waals surface area contributed by atoms with Crippen LogP contribution < -0.4 is 9.47 Å². The fourth-order valence-corrected chi connectivity index (χ4v) is 3.00. The van der Waals surface area contributed by atoms with Crippen molar-refractivity contribution >= 4 is 11.6 Å². The Morgan fingerprint density at radius 2 is 1.90 bits per heavy atom. The molecule has 0 bridgehead atoms. The van der Waals surface area contributed by atoms with Gasteiger partial charge in [0, 0.05) is 30.8 Å². The van der Waals surface area contributed by atoms with Gasteiger partial charge in [0.05, 0.1) is 0 Å². The molecule has 0 saturated carbocycles. The maximum absolute atomic E-state index is 12.9. The average molecular weight is 281 g/mol. The second kappa shape index (κ2) is 5.32. The van der Waals surface area contributed by atoms with Crippen molar-refractivity contribution in [3.63, 3.8) is 0 Å². The molecule has 108 valence electrons. The Morgan fingerprint density at radius 1 is 1.24 bits per heavy atom. The minimum atomic E-state index is -0.195. The van der Waals surface area contributed by atoms with E-state index in [-0.39, 0.29) is 18.0 Å². The van der Waals surface area contributed by atoms with Crippen molar-refractivity contribution in [3.05, 3.63) is 59.9 Å². The average Bonchev–Trinajstić information content (AvgIpc) is 2.82. The number of anilines is 1. The zero-order chi connectivity index (χ0) is 15.0. The van der Waals surface area contributed by atoms with E-state index in [9.17, 15) is 4.79 Å². The molecule has 3 rings (SSSR count). The van der Waals surface area contributed by atoms with Crippen LogP contribution in [0.2, 0.25) is 0 Å². The maximum Gasteiger partial charge on any atom is 0.296 e. The van der Waals surface area contributed by atoms with Crippen LogP contribution in [0.1, 0.15) is 31.0 Å². The van der Waals surface area contributed by atoms with E-state index in [1.165, 1.54) is 11.1 Å². The van der Waals surface area contributed by atoms with E-state index in [0.717, 1.165) is 12.1 Å². The quantitative estimate of drug-likeness (QED) is 0.777. The Balaban J connectivity index is 1.90. The predicted molar refractivity (Wildman–Crippen MR) is 83.2 cm³/mol. The van der Waals surface area contributed by atoms with Crippen molar-refractivity contribution in [1.82, 2.24) is 0 Å². The Hall–Kier alpha value is -2.16. The third kappa shape index (κ3) is 2.44. The van der Waals surface area contributed by atoms with Crippen LogP contribution in [0, 0.1) is 6.92 Å². The molecule has 0 saturated heterocycles. The molecular formula is C18H21N2O+. The third-order valence-electron chi connectivity index (χ3n) is 4.27. The predicted octanol–water partition coefficient (Wildman–Crippen LogP) is 2.82. The lowest BCUT2D eigenvalue weighted by atomic mass is 10.1. The van der Waals surface area contributed by atoms with E-state index >= 15 is 0 Å². The van der Waals surface area contributed by atoms with E-state index in [1.54, 1.807) is 0 Å². The Bertz CT molecular complexity index is 663. The highest BCUT2D eigenvalue weighted by Gasteiger charge is 2.36. The molecule has 1 aliphatic heterocycles. The van der Waals surface area contributed by atoms with E-state index in [1.807, 2.05) is 59.1 Å². The van der Waals surface area contributed by atoms with Gasteiger partial charge in [-0.25, -0.2) is 0 Å². The number of aromatic nitrogens is 1. The molecule has 0 N–H and O–H groups in total. The van der Waals surface area contributed by atoms with Crippen molar-refractivity contribution in [2.45, 2.75) is 39.3 Å². The van der Waals surface area contributed by atoms with Gasteiger partial charge in [0.25, 0.3) is 5.91 Å².